The minimum Gasteiger partial charge on any atom is -0.396 e. The molecule has 0 saturated heterocycles. The predicted octanol–water partition coefficient (Wildman–Crippen LogP) is 1.12. The van der Waals surface area contributed by atoms with E-state index < -0.39 is 0 Å². The predicted molar refractivity (Wildman–Crippen MR) is 64.2 cm³/mol. The molecule has 5 heteroatoms. The summed E-state index contributed by atoms with van der Waals surface area (Å²) in [4.78, 5) is 1.54. The first-order valence-electron chi connectivity index (χ1n) is 5.60. The largest absolute Gasteiger partial charge is 0.396 e. The molecule has 17 heavy (non-hydrogen) atoms. The molecule has 0 aliphatic rings. The van der Waals surface area contributed by atoms with Gasteiger partial charge in [0.15, 0.2) is 5.82 Å². The van der Waals surface area contributed by atoms with Gasteiger partial charge in [0.2, 0.25) is 0 Å². The molecular formula is C12H16N4O. The van der Waals surface area contributed by atoms with Crippen molar-refractivity contribution in [3.8, 4) is 5.69 Å². The number of aliphatic hydroxyl groups is 1. The van der Waals surface area contributed by atoms with Crippen LogP contribution >= 0.6 is 0 Å². The van der Waals surface area contributed by atoms with Crippen molar-refractivity contribution in [2.75, 3.05) is 6.61 Å². The number of nitrogens with zero attached hydrogens (tertiary/aromatic N) is 4. The molecule has 0 aliphatic heterocycles. The number of hydrogen-bond donors (Lipinski definition) is 1. The van der Waals surface area contributed by atoms with Crippen LogP contribution in [-0.2, 0) is 6.42 Å². The van der Waals surface area contributed by atoms with Crippen LogP contribution in [0.2, 0.25) is 0 Å². The quantitative estimate of drug-likeness (QED) is 0.861. The van der Waals surface area contributed by atoms with Crippen LogP contribution in [0.15, 0.2) is 12.1 Å². The van der Waals surface area contributed by atoms with E-state index in [1.165, 1.54) is 10.4 Å². The third kappa shape index (κ3) is 2.34. The fourth-order valence-electron chi connectivity index (χ4n) is 2.03. The summed E-state index contributed by atoms with van der Waals surface area (Å²) in [5.41, 5.74) is 4.43. The molecule has 1 aromatic heterocycles. The van der Waals surface area contributed by atoms with Crippen molar-refractivity contribution < 1.29 is 5.11 Å². The van der Waals surface area contributed by atoms with Gasteiger partial charge in [-0.2, -0.15) is 0 Å². The Morgan fingerprint density at radius 3 is 2.41 bits per heavy atom. The molecule has 0 bridgehead atoms. The van der Waals surface area contributed by atoms with Crippen molar-refractivity contribution in [2.45, 2.75) is 27.2 Å². The van der Waals surface area contributed by atoms with Gasteiger partial charge in [-0.05, 0) is 37.1 Å². The molecule has 0 radical (unpaired) electrons. The van der Waals surface area contributed by atoms with Crippen molar-refractivity contribution in [1.82, 2.24) is 20.2 Å². The zero-order chi connectivity index (χ0) is 12.4. The Kier molecular flexibility index (Phi) is 3.19. The summed E-state index contributed by atoms with van der Waals surface area (Å²) in [6.07, 6.45) is 0.434. The van der Waals surface area contributed by atoms with Crippen molar-refractivity contribution >= 4 is 0 Å². The summed E-state index contributed by atoms with van der Waals surface area (Å²) in [5, 5.41) is 21.0. The molecule has 1 heterocycles. The third-order valence-electron chi connectivity index (χ3n) is 2.63. The fraction of sp³-hybridized carbons (Fsp3) is 0.417. The van der Waals surface area contributed by atoms with Crippen LogP contribution in [0.3, 0.4) is 0 Å². The lowest BCUT2D eigenvalue weighted by Crippen LogP contribution is -2.05. The van der Waals surface area contributed by atoms with E-state index in [2.05, 4.69) is 34.5 Å². The van der Waals surface area contributed by atoms with Gasteiger partial charge >= 0.3 is 0 Å². The van der Waals surface area contributed by atoms with Crippen LogP contribution in [0, 0.1) is 20.8 Å². The maximum atomic E-state index is 8.83. The topological polar surface area (TPSA) is 63.8 Å². The summed E-state index contributed by atoms with van der Waals surface area (Å²) >= 11 is 0. The van der Waals surface area contributed by atoms with Crippen molar-refractivity contribution in [3.63, 3.8) is 0 Å². The number of aromatic nitrogens is 4. The SMILES string of the molecule is Cc1cc(C)c(-n2nnc(CCO)n2)c(C)c1. The van der Waals surface area contributed by atoms with E-state index in [9.17, 15) is 0 Å². The molecule has 0 unspecified atom stereocenters. The second-order valence-corrected chi connectivity index (χ2v) is 4.22. The van der Waals surface area contributed by atoms with Gasteiger partial charge in [0.1, 0.15) is 0 Å². The molecule has 0 fully saturated rings. The van der Waals surface area contributed by atoms with Crippen LogP contribution in [0.5, 0.6) is 0 Å². The van der Waals surface area contributed by atoms with E-state index in [1.807, 2.05) is 13.8 Å². The molecule has 0 spiro atoms. The second kappa shape index (κ2) is 4.63. The minimum absolute atomic E-state index is 0.0392. The van der Waals surface area contributed by atoms with E-state index in [4.69, 9.17) is 5.11 Å². The summed E-state index contributed by atoms with van der Waals surface area (Å²) in [7, 11) is 0. The van der Waals surface area contributed by atoms with Gasteiger partial charge in [0, 0.05) is 6.42 Å². The molecule has 5 nitrogen and oxygen atoms in total. The Morgan fingerprint density at radius 2 is 1.82 bits per heavy atom. The number of aliphatic hydroxyl groups excluding tert-OH is 1. The average molecular weight is 232 g/mol. The maximum Gasteiger partial charge on any atom is 0.177 e. The Hall–Kier alpha value is -1.75. The molecule has 2 rings (SSSR count). The number of hydrogen-bond acceptors (Lipinski definition) is 4. The van der Waals surface area contributed by atoms with Crippen molar-refractivity contribution in [3.05, 3.63) is 34.6 Å². The Morgan fingerprint density at radius 1 is 1.18 bits per heavy atom. The molecule has 0 atom stereocenters. The third-order valence-corrected chi connectivity index (χ3v) is 2.63. The molecule has 0 aliphatic carbocycles. The second-order valence-electron chi connectivity index (χ2n) is 4.22. The lowest BCUT2D eigenvalue weighted by Gasteiger charge is -2.08. The van der Waals surface area contributed by atoms with Crippen LogP contribution in [0.1, 0.15) is 22.5 Å². The lowest BCUT2D eigenvalue weighted by molar-refractivity contribution is 0.296. The summed E-state index contributed by atoms with van der Waals surface area (Å²) in [5.74, 6) is 0.562. The van der Waals surface area contributed by atoms with E-state index in [1.54, 1.807) is 0 Å². The van der Waals surface area contributed by atoms with E-state index in [-0.39, 0.29) is 6.61 Å². The van der Waals surface area contributed by atoms with Gasteiger partial charge in [-0.1, -0.05) is 17.7 Å². The summed E-state index contributed by atoms with van der Waals surface area (Å²) < 4.78 is 0. The Balaban J connectivity index is 2.45. The number of benzene rings is 1. The molecule has 2 aromatic rings. The summed E-state index contributed by atoms with van der Waals surface area (Å²) in [6.45, 7) is 6.17. The highest BCUT2D eigenvalue weighted by molar-refractivity contribution is 5.47. The highest BCUT2D eigenvalue weighted by Crippen LogP contribution is 2.19. The molecule has 0 saturated carbocycles. The zero-order valence-electron chi connectivity index (χ0n) is 10.3. The van der Waals surface area contributed by atoms with Crippen LogP contribution in [0.4, 0.5) is 0 Å². The smallest absolute Gasteiger partial charge is 0.177 e. The molecule has 0 amide bonds. The van der Waals surface area contributed by atoms with Crippen molar-refractivity contribution in [1.29, 1.82) is 0 Å². The van der Waals surface area contributed by atoms with Gasteiger partial charge in [0.05, 0.1) is 12.3 Å². The average Bonchev–Trinajstić information content (AvgIpc) is 2.65. The highest BCUT2D eigenvalue weighted by Gasteiger charge is 2.10. The number of rotatable bonds is 3. The number of aryl methyl sites for hydroxylation is 3. The van der Waals surface area contributed by atoms with Crippen LogP contribution < -0.4 is 0 Å². The minimum atomic E-state index is 0.0392. The molecule has 90 valence electrons. The molecular weight excluding hydrogens is 216 g/mol. The van der Waals surface area contributed by atoms with Gasteiger partial charge in [-0.15, -0.1) is 15.0 Å². The van der Waals surface area contributed by atoms with E-state index in [0.29, 0.717) is 12.2 Å². The normalized spacial score (nSPS) is 10.8. The van der Waals surface area contributed by atoms with E-state index >= 15 is 0 Å². The Bertz CT molecular complexity index is 510. The highest BCUT2D eigenvalue weighted by atomic mass is 16.3. The van der Waals surface area contributed by atoms with Crippen LogP contribution in [-0.4, -0.2) is 31.9 Å². The lowest BCUT2D eigenvalue weighted by atomic mass is 10.1. The van der Waals surface area contributed by atoms with Gasteiger partial charge in [-0.25, -0.2) is 0 Å². The fourth-order valence-corrected chi connectivity index (χ4v) is 2.03. The van der Waals surface area contributed by atoms with Gasteiger partial charge in [0.25, 0.3) is 0 Å². The maximum absolute atomic E-state index is 8.83. The van der Waals surface area contributed by atoms with Gasteiger partial charge in [-0.3, -0.25) is 0 Å². The Labute approximate surface area is 100 Å². The number of tetrazole rings is 1. The first kappa shape index (κ1) is 11.7. The first-order valence-corrected chi connectivity index (χ1v) is 5.60. The van der Waals surface area contributed by atoms with E-state index in [0.717, 1.165) is 16.8 Å². The summed E-state index contributed by atoms with van der Waals surface area (Å²) in [6, 6.07) is 4.19. The van der Waals surface area contributed by atoms with Crippen molar-refractivity contribution in [2.24, 2.45) is 0 Å². The monoisotopic (exact) mass is 232 g/mol. The zero-order valence-corrected chi connectivity index (χ0v) is 10.3. The standard InChI is InChI=1S/C12H16N4O/c1-8-6-9(2)12(10(3)7-8)16-14-11(4-5-17)13-15-16/h6-7,17H,4-5H2,1-3H3. The molecule has 1 N–H and O–H groups in total. The first-order chi connectivity index (χ1) is 8.11. The van der Waals surface area contributed by atoms with Crippen LogP contribution in [0.25, 0.3) is 5.69 Å². The molecule has 1 aromatic carbocycles. The van der Waals surface area contributed by atoms with Gasteiger partial charge < -0.3 is 5.11 Å².